The molecule has 0 saturated carbocycles. The third-order valence-corrected chi connectivity index (χ3v) is 2.44. The molecule has 0 amide bonds. The van der Waals surface area contributed by atoms with Crippen molar-refractivity contribution < 1.29 is 14.6 Å². The fourth-order valence-electron chi connectivity index (χ4n) is 1.42. The van der Waals surface area contributed by atoms with E-state index < -0.39 is 0 Å². The molecule has 0 radical (unpaired) electrons. The molecule has 4 nitrogen and oxygen atoms in total. The Bertz CT molecular complexity index is 133. The van der Waals surface area contributed by atoms with E-state index in [0.717, 1.165) is 38.8 Å². The van der Waals surface area contributed by atoms with E-state index in [1.165, 1.54) is 0 Å². The minimum atomic E-state index is 0.291. The van der Waals surface area contributed by atoms with Crippen molar-refractivity contribution in [3.63, 3.8) is 0 Å². The fourth-order valence-corrected chi connectivity index (χ4v) is 1.42. The molecule has 0 aliphatic carbocycles. The number of nitrogens with one attached hydrogen (secondary N) is 1. The van der Waals surface area contributed by atoms with Crippen molar-refractivity contribution in [1.29, 1.82) is 0 Å². The minimum Gasteiger partial charge on any atom is -0.396 e. The molecule has 0 heterocycles. The van der Waals surface area contributed by atoms with Crippen molar-refractivity contribution in [3.05, 3.63) is 0 Å². The Balaban J connectivity index is 3.02. The van der Waals surface area contributed by atoms with Gasteiger partial charge in [0.15, 0.2) is 0 Å². The maximum Gasteiger partial charge on any atom is 0.0700 e. The average molecular weight is 233 g/mol. The second kappa shape index (κ2) is 12.9. The van der Waals surface area contributed by atoms with Gasteiger partial charge in [-0.15, -0.1) is 0 Å². The van der Waals surface area contributed by atoms with E-state index in [4.69, 9.17) is 14.6 Å². The van der Waals surface area contributed by atoms with E-state index in [1.54, 1.807) is 7.11 Å². The normalized spacial score (nSPS) is 12.9. The Kier molecular flexibility index (Phi) is 12.8. The molecule has 0 aromatic heterocycles. The van der Waals surface area contributed by atoms with E-state index in [1.807, 2.05) is 0 Å². The summed E-state index contributed by atoms with van der Waals surface area (Å²) in [7, 11) is 1.68. The van der Waals surface area contributed by atoms with Gasteiger partial charge >= 0.3 is 0 Å². The monoisotopic (exact) mass is 233 g/mol. The molecule has 0 rings (SSSR count). The van der Waals surface area contributed by atoms with Crippen LogP contribution in [-0.4, -0.2) is 51.2 Å². The zero-order chi connectivity index (χ0) is 12.1. The maximum atomic E-state index is 8.67. The molecule has 0 aromatic rings. The summed E-state index contributed by atoms with van der Waals surface area (Å²) in [6, 6.07) is 0.501. The molecule has 0 spiro atoms. The van der Waals surface area contributed by atoms with Gasteiger partial charge in [-0.3, -0.25) is 0 Å². The lowest BCUT2D eigenvalue weighted by atomic mass is 10.2. The predicted molar refractivity (Wildman–Crippen MR) is 65.7 cm³/mol. The van der Waals surface area contributed by atoms with Crippen LogP contribution >= 0.6 is 0 Å². The fraction of sp³-hybridized carbons (Fsp3) is 1.00. The quantitative estimate of drug-likeness (QED) is 0.497. The van der Waals surface area contributed by atoms with Crippen LogP contribution in [0.5, 0.6) is 0 Å². The highest BCUT2D eigenvalue weighted by atomic mass is 16.5. The third kappa shape index (κ3) is 11.9. The minimum absolute atomic E-state index is 0.291. The van der Waals surface area contributed by atoms with Gasteiger partial charge in [-0.1, -0.05) is 0 Å². The molecule has 2 N–H and O–H groups in total. The highest BCUT2D eigenvalue weighted by Gasteiger charge is 1.99. The molecule has 16 heavy (non-hydrogen) atoms. The first-order valence-corrected chi connectivity index (χ1v) is 6.22. The molecule has 1 unspecified atom stereocenters. The zero-order valence-electron chi connectivity index (χ0n) is 10.7. The first-order chi connectivity index (χ1) is 7.81. The van der Waals surface area contributed by atoms with Crippen molar-refractivity contribution in [2.24, 2.45) is 0 Å². The van der Waals surface area contributed by atoms with E-state index in [2.05, 4.69) is 12.2 Å². The van der Waals surface area contributed by atoms with Crippen LogP contribution in [0.15, 0.2) is 0 Å². The highest BCUT2D eigenvalue weighted by molar-refractivity contribution is 4.60. The Morgan fingerprint density at radius 2 is 1.94 bits per heavy atom. The van der Waals surface area contributed by atoms with Gasteiger partial charge in [-0.25, -0.2) is 0 Å². The van der Waals surface area contributed by atoms with E-state index in [9.17, 15) is 0 Å². The highest BCUT2D eigenvalue weighted by Crippen LogP contribution is 1.96. The van der Waals surface area contributed by atoms with E-state index >= 15 is 0 Å². The van der Waals surface area contributed by atoms with Gasteiger partial charge in [0.1, 0.15) is 0 Å². The van der Waals surface area contributed by atoms with Gasteiger partial charge in [0.05, 0.1) is 13.2 Å². The van der Waals surface area contributed by atoms with Crippen molar-refractivity contribution in [2.45, 2.75) is 38.6 Å². The maximum absolute atomic E-state index is 8.67. The summed E-state index contributed by atoms with van der Waals surface area (Å²) in [6.45, 7) is 5.66. The van der Waals surface area contributed by atoms with Crippen molar-refractivity contribution in [1.82, 2.24) is 5.32 Å². The van der Waals surface area contributed by atoms with Gasteiger partial charge in [0, 0.05) is 26.4 Å². The van der Waals surface area contributed by atoms with E-state index in [-0.39, 0.29) is 0 Å². The van der Waals surface area contributed by atoms with Crippen molar-refractivity contribution in [2.75, 3.05) is 40.1 Å². The second-order valence-electron chi connectivity index (χ2n) is 4.03. The van der Waals surface area contributed by atoms with Crippen LogP contribution in [0.3, 0.4) is 0 Å². The van der Waals surface area contributed by atoms with Gasteiger partial charge in [0.2, 0.25) is 0 Å². The zero-order valence-corrected chi connectivity index (χ0v) is 10.7. The Morgan fingerprint density at radius 1 is 1.12 bits per heavy atom. The molecule has 0 fully saturated rings. The number of rotatable bonds is 12. The van der Waals surface area contributed by atoms with Gasteiger partial charge in [0.25, 0.3) is 0 Å². The summed E-state index contributed by atoms with van der Waals surface area (Å²) in [4.78, 5) is 0. The topological polar surface area (TPSA) is 50.7 Å². The first-order valence-electron chi connectivity index (χ1n) is 6.22. The molecule has 4 heteroatoms. The summed E-state index contributed by atoms with van der Waals surface area (Å²) in [5.74, 6) is 0. The third-order valence-electron chi connectivity index (χ3n) is 2.44. The molecule has 0 aliphatic rings. The summed E-state index contributed by atoms with van der Waals surface area (Å²) < 4.78 is 10.2. The van der Waals surface area contributed by atoms with Crippen molar-refractivity contribution >= 4 is 0 Å². The van der Waals surface area contributed by atoms with Gasteiger partial charge < -0.3 is 19.9 Å². The lowest BCUT2D eigenvalue weighted by Gasteiger charge is -2.12. The summed E-state index contributed by atoms with van der Waals surface area (Å²) in [5, 5.41) is 12.1. The number of ether oxygens (including phenoxy) is 2. The SMILES string of the molecule is COCCOCCCCNC(C)CCCO. The number of aliphatic hydroxyl groups is 1. The molecule has 0 saturated heterocycles. The second-order valence-corrected chi connectivity index (χ2v) is 4.03. The smallest absolute Gasteiger partial charge is 0.0700 e. The number of hydrogen-bond acceptors (Lipinski definition) is 4. The van der Waals surface area contributed by atoms with Crippen LogP contribution in [0.4, 0.5) is 0 Å². The largest absolute Gasteiger partial charge is 0.396 e. The van der Waals surface area contributed by atoms with Crippen LogP contribution in [-0.2, 0) is 9.47 Å². The Hall–Kier alpha value is -0.160. The first kappa shape index (κ1) is 15.8. The molecule has 98 valence electrons. The molecule has 0 aromatic carbocycles. The Morgan fingerprint density at radius 3 is 2.62 bits per heavy atom. The van der Waals surface area contributed by atoms with Crippen LogP contribution in [0.25, 0.3) is 0 Å². The Labute approximate surface area is 99.3 Å². The van der Waals surface area contributed by atoms with Gasteiger partial charge in [-0.2, -0.15) is 0 Å². The molecule has 1 atom stereocenters. The summed E-state index contributed by atoms with van der Waals surface area (Å²) in [6.07, 6.45) is 4.15. The number of hydrogen-bond donors (Lipinski definition) is 2. The van der Waals surface area contributed by atoms with Gasteiger partial charge in [-0.05, 0) is 39.2 Å². The molecule has 0 aliphatic heterocycles. The molecule has 0 bridgehead atoms. The molecular formula is C12H27NO3. The lowest BCUT2D eigenvalue weighted by Crippen LogP contribution is -2.27. The summed E-state index contributed by atoms with van der Waals surface area (Å²) in [5.41, 5.74) is 0. The van der Waals surface area contributed by atoms with Crippen LogP contribution < -0.4 is 5.32 Å². The van der Waals surface area contributed by atoms with Crippen LogP contribution in [0.2, 0.25) is 0 Å². The molecular weight excluding hydrogens is 206 g/mol. The number of aliphatic hydroxyl groups excluding tert-OH is 1. The van der Waals surface area contributed by atoms with E-state index in [0.29, 0.717) is 25.9 Å². The lowest BCUT2D eigenvalue weighted by molar-refractivity contribution is 0.0687. The average Bonchev–Trinajstić information content (AvgIpc) is 2.30. The van der Waals surface area contributed by atoms with Crippen LogP contribution in [0.1, 0.15) is 32.6 Å². The summed E-state index contributed by atoms with van der Waals surface area (Å²) >= 11 is 0. The standard InChI is InChI=1S/C12H27NO3/c1-12(6-5-8-14)13-7-3-4-9-16-11-10-15-2/h12-14H,3-11H2,1-2H3. The number of unbranched alkanes of at least 4 members (excludes halogenated alkanes) is 1. The van der Waals surface area contributed by atoms with Crippen LogP contribution in [0, 0.1) is 0 Å². The number of methoxy groups -OCH3 is 1. The van der Waals surface area contributed by atoms with Crippen molar-refractivity contribution in [3.8, 4) is 0 Å². The predicted octanol–water partition coefficient (Wildman–Crippen LogP) is 1.18.